The summed E-state index contributed by atoms with van der Waals surface area (Å²) in [6, 6.07) is -0.0705. The maximum atomic E-state index is 11.7. The van der Waals surface area contributed by atoms with E-state index in [2.05, 4.69) is 24.4 Å². The molecule has 0 bridgehead atoms. The molecule has 0 aliphatic heterocycles. The summed E-state index contributed by atoms with van der Waals surface area (Å²) in [5, 5.41) is 12.0. The molecular weight excluding hydrogens is 382 g/mol. The number of aliphatic hydroxyl groups is 1. The smallest absolute Gasteiger partial charge is 0.220 e. The summed E-state index contributed by atoms with van der Waals surface area (Å²) in [7, 11) is 0. The molecule has 0 aliphatic rings. The topological polar surface area (TPSA) is 49.3 Å². The lowest BCUT2D eigenvalue weighted by atomic mass is 10.0. The first-order valence-corrected chi connectivity index (χ1v) is 13.8. The van der Waals surface area contributed by atoms with E-state index >= 15 is 0 Å². The Labute approximate surface area is 194 Å². The summed E-state index contributed by atoms with van der Waals surface area (Å²) in [6.07, 6.45) is 31.4. The highest BCUT2D eigenvalue weighted by atomic mass is 16.3. The summed E-state index contributed by atoms with van der Waals surface area (Å²) in [5.74, 6) is 0.0918. The van der Waals surface area contributed by atoms with Crippen molar-refractivity contribution in [3.8, 4) is 0 Å². The largest absolute Gasteiger partial charge is 0.394 e. The van der Waals surface area contributed by atoms with Crippen LogP contribution >= 0.6 is 0 Å². The van der Waals surface area contributed by atoms with E-state index in [-0.39, 0.29) is 18.6 Å². The van der Waals surface area contributed by atoms with Crippen molar-refractivity contribution in [2.75, 3.05) is 6.61 Å². The van der Waals surface area contributed by atoms with Gasteiger partial charge in [-0.25, -0.2) is 0 Å². The fourth-order valence-electron chi connectivity index (χ4n) is 3.99. The third kappa shape index (κ3) is 23.7. The normalized spacial score (nSPS) is 12.5. The lowest BCUT2D eigenvalue weighted by molar-refractivity contribution is -0.122. The second-order valence-electron chi connectivity index (χ2n) is 9.31. The summed E-state index contributed by atoms with van der Waals surface area (Å²) >= 11 is 0. The van der Waals surface area contributed by atoms with Crippen LogP contribution in [0.15, 0.2) is 12.2 Å². The van der Waals surface area contributed by atoms with E-state index in [1.54, 1.807) is 0 Å². The van der Waals surface area contributed by atoms with Gasteiger partial charge in [-0.05, 0) is 38.5 Å². The molecule has 0 aromatic rings. The minimum absolute atomic E-state index is 0.0403. The number of rotatable bonds is 24. The first-order valence-electron chi connectivity index (χ1n) is 13.8. The van der Waals surface area contributed by atoms with E-state index in [4.69, 9.17) is 5.11 Å². The molecule has 0 aromatic carbocycles. The van der Waals surface area contributed by atoms with Crippen molar-refractivity contribution >= 4 is 5.91 Å². The van der Waals surface area contributed by atoms with E-state index in [1.807, 2.05) is 6.92 Å². The van der Waals surface area contributed by atoms with Crippen LogP contribution in [0.3, 0.4) is 0 Å². The predicted octanol–water partition coefficient (Wildman–Crippen LogP) is 8.25. The molecule has 184 valence electrons. The van der Waals surface area contributed by atoms with Gasteiger partial charge in [0.25, 0.3) is 0 Å². The lowest BCUT2D eigenvalue weighted by Crippen LogP contribution is -2.36. The molecule has 31 heavy (non-hydrogen) atoms. The fraction of sp³-hybridized carbons (Fsp3) is 0.893. The number of amides is 1. The number of unbranched alkanes of at least 4 members (excludes halogenated alkanes) is 17. The molecule has 0 rings (SSSR count). The summed E-state index contributed by atoms with van der Waals surface area (Å²) < 4.78 is 0. The number of hydrogen-bond acceptors (Lipinski definition) is 2. The zero-order valence-electron chi connectivity index (χ0n) is 21.1. The molecule has 2 N–H and O–H groups in total. The van der Waals surface area contributed by atoms with Crippen LogP contribution in [-0.4, -0.2) is 23.7 Å². The van der Waals surface area contributed by atoms with Gasteiger partial charge in [-0.2, -0.15) is 0 Å². The zero-order valence-corrected chi connectivity index (χ0v) is 21.1. The number of allylic oxidation sites excluding steroid dienone is 2. The average Bonchev–Trinajstić information content (AvgIpc) is 2.78. The van der Waals surface area contributed by atoms with Crippen LogP contribution in [0.25, 0.3) is 0 Å². The quantitative estimate of drug-likeness (QED) is 0.118. The van der Waals surface area contributed by atoms with Crippen molar-refractivity contribution in [2.45, 2.75) is 155 Å². The Morgan fingerprint density at radius 1 is 0.677 bits per heavy atom. The van der Waals surface area contributed by atoms with Gasteiger partial charge in [0.05, 0.1) is 12.6 Å². The van der Waals surface area contributed by atoms with Crippen LogP contribution in [0.1, 0.15) is 149 Å². The number of nitrogens with one attached hydrogen (secondary N) is 1. The molecule has 0 spiro atoms. The van der Waals surface area contributed by atoms with E-state index in [1.165, 1.54) is 109 Å². The molecule has 1 amide bonds. The summed E-state index contributed by atoms with van der Waals surface area (Å²) in [5.41, 5.74) is 0. The van der Waals surface area contributed by atoms with Gasteiger partial charge in [0.15, 0.2) is 0 Å². The van der Waals surface area contributed by atoms with Gasteiger partial charge in [-0.3, -0.25) is 4.79 Å². The van der Waals surface area contributed by atoms with Gasteiger partial charge in [0.1, 0.15) is 0 Å². The van der Waals surface area contributed by atoms with E-state index in [9.17, 15) is 4.79 Å². The molecule has 0 aromatic heterocycles. The van der Waals surface area contributed by atoms with Crippen molar-refractivity contribution in [1.29, 1.82) is 0 Å². The number of hydrogen-bond donors (Lipinski definition) is 2. The van der Waals surface area contributed by atoms with E-state index < -0.39 is 0 Å². The first kappa shape index (κ1) is 30.2. The van der Waals surface area contributed by atoms with Gasteiger partial charge in [0, 0.05) is 6.42 Å². The lowest BCUT2D eigenvalue weighted by Gasteiger charge is -2.13. The fourth-order valence-corrected chi connectivity index (χ4v) is 3.99. The predicted molar refractivity (Wildman–Crippen MR) is 136 cm³/mol. The highest BCUT2D eigenvalue weighted by Gasteiger charge is 2.08. The minimum Gasteiger partial charge on any atom is -0.394 e. The van der Waals surface area contributed by atoms with Crippen molar-refractivity contribution in [2.24, 2.45) is 0 Å². The van der Waals surface area contributed by atoms with Crippen LogP contribution in [0.2, 0.25) is 0 Å². The third-order valence-electron chi connectivity index (χ3n) is 6.24. The summed E-state index contributed by atoms with van der Waals surface area (Å²) in [6.45, 7) is 4.30. The SMILES string of the molecule is CCCCCCCCC=CCCCCCCCCCCCCCC(=O)NC(CC)CO. The van der Waals surface area contributed by atoms with Crippen LogP contribution < -0.4 is 5.32 Å². The van der Waals surface area contributed by atoms with Gasteiger partial charge < -0.3 is 10.4 Å². The minimum atomic E-state index is -0.0705. The Kier molecular flexibility index (Phi) is 24.7. The van der Waals surface area contributed by atoms with Crippen molar-refractivity contribution in [3.05, 3.63) is 12.2 Å². The Bertz CT molecular complexity index is 390. The molecule has 0 aliphatic carbocycles. The molecule has 1 atom stereocenters. The van der Waals surface area contributed by atoms with Crippen LogP contribution in [-0.2, 0) is 4.79 Å². The molecule has 0 fully saturated rings. The Morgan fingerprint density at radius 3 is 1.52 bits per heavy atom. The van der Waals surface area contributed by atoms with Gasteiger partial charge in [-0.15, -0.1) is 0 Å². The van der Waals surface area contributed by atoms with Crippen LogP contribution in [0.4, 0.5) is 0 Å². The molecular formula is C28H55NO2. The van der Waals surface area contributed by atoms with Crippen molar-refractivity contribution in [1.82, 2.24) is 5.32 Å². The second-order valence-corrected chi connectivity index (χ2v) is 9.31. The Hall–Kier alpha value is -0.830. The van der Waals surface area contributed by atoms with Gasteiger partial charge in [-0.1, -0.05) is 116 Å². The maximum Gasteiger partial charge on any atom is 0.220 e. The third-order valence-corrected chi connectivity index (χ3v) is 6.24. The average molecular weight is 438 g/mol. The molecule has 3 heteroatoms. The monoisotopic (exact) mass is 437 g/mol. The van der Waals surface area contributed by atoms with Crippen LogP contribution in [0, 0.1) is 0 Å². The van der Waals surface area contributed by atoms with Gasteiger partial charge >= 0.3 is 0 Å². The zero-order chi connectivity index (χ0) is 22.8. The van der Waals surface area contributed by atoms with E-state index in [0.29, 0.717) is 6.42 Å². The second kappa shape index (κ2) is 25.4. The standard InChI is InChI=1S/C28H55NO2/c1-3-5-6-7-8-9-10-11-12-13-14-15-16-17-18-19-20-21-22-23-24-25-28(31)29-27(4-2)26-30/h11-12,27,30H,3-10,13-26H2,1-2H3,(H,29,31). The van der Waals surface area contributed by atoms with E-state index in [0.717, 1.165) is 19.3 Å². The highest BCUT2D eigenvalue weighted by Crippen LogP contribution is 2.13. The molecule has 0 radical (unpaired) electrons. The number of aliphatic hydroxyl groups excluding tert-OH is 1. The molecule has 1 unspecified atom stereocenters. The first-order chi connectivity index (χ1) is 15.2. The number of carbonyl (C=O) groups is 1. The highest BCUT2D eigenvalue weighted by molar-refractivity contribution is 5.76. The molecule has 3 nitrogen and oxygen atoms in total. The molecule has 0 heterocycles. The molecule has 0 saturated carbocycles. The summed E-state index contributed by atoms with van der Waals surface area (Å²) in [4.78, 5) is 11.7. The number of carbonyl (C=O) groups excluding carboxylic acids is 1. The Morgan fingerprint density at radius 2 is 1.10 bits per heavy atom. The van der Waals surface area contributed by atoms with Gasteiger partial charge in [0.2, 0.25) is 5.91 Å². The Balaban J connectivity index is 3.20. The van der Waals surface area contributed by atoms with Crippen molar-refractivity contribution < 1.29 is 9.90 Å². The van der Waals surface area contributed by atoms with Crippen LogP contribution in [0.5, 0.6) is 0 Å². The molecule has 0 saturated heterocycles. The maximum absolute atomic E-state index is 11.7. The van der Waals surface area contributed by atoms with Crippen molar-refractivity contribution in [3.63, 3.8) is 0 Å².